The molecule has 0 amide bonds. The van der Waals surface area contributed by atoms with E-state index in [0.29, 0.717) is 22.5 Å². The number of benzene rings is 3. The van der Waals surface area contributed by atoms with Gasteiger partial charge >= 0.3 is 0 Å². The average molecular weight is 917 g/mol. The number of aliphatic hydroxyl groups is 1. The third kappa shape index (κ3) is 7.83. The highest BCUT2D eigenvalue weighted by atomic mass is 79.9. The summed E-state index contributed by atoms with van der Waals surface area (Å²) in [5.74, 6) is -2.88. The third-order valence-corrected chi connectivity index (χ3v) is 18.3. The SMILES string of the molecule is CC(C)CNC(C)(C)c1c(F)c2c(c(OCc3ccccc3)c1Br)C(O)=C1C(=O)[C@]3(O[Si](C)(C)C(C)(C)C)C(=O)c4c(OCc5ccccc5)noc4[C@@H](N(C)C)[C@@H]3C[C@@H]1C2. The molecule has 10 nitrogen and oxygen atoms in total. The second kappa shape index (κ2) is 16.5. The van der Waals surface area contributed by atoms with Gasteiger partial charge in [-0.25, -0.2) is 4.39 Å². The molecule has 0 spiro atoms. The molecule has 1 saturated carbocycles. The van der Waals surface area contributed by atoms with Crippen molar-refractivity contribution in [3.8, 4) is 11.6 Å². The maximum atomic E-state index is 17.6. The Labute approximate surface area is 368 Å². The minimum Gasteiger partial charge on any atom is -0.507 e. The van der Waals surface area contributed by atoms with Gasteiger partial charge in [0.2, 0.25) is 11.6 Å². The molecule has 326 valence electrons. The number of ether oxygens (including phenoxy) is 2. The van der Waals surface area contributed by atoms with Crippen LogP contribution in [0.4, 0.5) is 4.39 Å². The van der Waals surface area contributed by atoms with Gasteiger partial charge < -0.3 is 28.8 Å². The lowest BCUT2D eigenvalue weighted by Crippen LogP contribution is -2.68. The Kier molecular flexibility index (Phi) is 12.2. The lowest BCUT2D eigenvalue weighted by molar-refractivity contribution is -0.140. The fourth-order valence-electron chi connectivity index (χ4n) is 8.96. The molecule has 0 aliphatic heterocycles. The van der Waals surface area contributed by atoms with Gasteiger partial charge in [0, 0.05) is 28.2 Å². The molecular formula is C48H59BrFN3O7Si. The highest BCUT2D eigenvalue weighted by Crippen LogP contribution is 2.60. The number of carbonyl (C=O) groups excluding carboxylic acids is 2. The van der Waals surface area contributed by atoms with Crippen molar-refractivity contribution in [2.24, 2.45) is 17.8 Å². The zero-order valence-electron chi connectivity index (χ0n) is 37.2. The number of Topliss-reactive ketones (excluding diaryl/α,β-unsaturated/α-hetero) is 2. The first-order valence-electron chi connectivity index (χ1n) is 21.1. The predicted molar refractivity (Wildman–Crippen MR) is 240 cm³/mol. The van der Waals surface area contributed by atoms with Gasteiger partial charge in [-0.3, -0.25) is 14.5 Å². The predicted octanol–water partition coefficient (Wildman–Crippen LogP) is 10.5. The fraction of sp³-hybridized carbons (Fsp3) is 0.479. The number of nitrogens with zero attached hydrogens (tertiary/aromatic N) is 2. The molecule has 3 aromatic carbocycles. The number of ketones is 2. The molecule has 4 atom stereocenters. The zero-order valence-corrected chi connectivity index (χ0v) is 39.8. The highest BCUT2D eigenvalue weighted by Gasteiger charge is 2.69. The summed E-state index contributed by atoms with van der Waals surface area (Å²) in [7, 11) is 0.754. The number of halogens is 2. The molecule has 13 heteroatoms. The van der Waals surface area contributed by atoms with E-state index in [2.05, 4.69) is 61.0 Å². The minimum absolute atomic E-state index is 0.0285. The topological polar surface area (TPSA) is 123 Å². The molecule has 0 radical (unpaired) electrons. The number of hydrogen-bond acceptors (Lipinski definition) is 10. The first-order chi connectivity index (χ1) is 28.6. The number of fused-ring (bicyclic) bond motifs is 4. The van der Waals surface area contributed by atoms with Crippen LogP contribution in [0.15, 0.2) is 75.2 Å². The van der Waals surface area contributed by atoms with E-state index in [1.54, 1.807) is 0 Å². The van der Waals surface area contributed by atoms with Crippen molar-refractivity contribution < 1.29 is 37.5 Å². The molecule has 1 aromatic heterocycles. The van der Waals surface area contributed by atoms with E-state index in [1.165, 1.54) is 0 Å². The maximum Gasteiger partial charge on any atom is 0.265 e. The van der Waals surface area contributed by atoms with E-state index in [-0.39, 0.29) is 65.7 Å². The van der Waals surface area contributed by atoms with Crippen LogP contribution in [0.5, 0.6) is 11.6 Å². The summed E-state index contributed by atoms with van der Waals surface area (Å²) >= 11 is 3.74. The lowest BCUT2D eigenvalue weighted by Gasteiger charge is -2.55. The van der Waals surface area contributed by atoms with Crippen LogP contribution in [0.1, 0.15) is 105 Å². The number of aromatic nitrogens is 1. The minimum atomic E-state index is -2.98. The average Bonchev–Trinajstić information content (AvgIpc) is 3.61. The number of nitrogens with one attached hydrogen (secondary N) is 1. The van der Waals surface area contributed by atoms with Crippen molar-refractivity contribution in [2.75, 3.05) is 20.6 Å². The fourth-order valence-corrected chi connectivity index (χ4v) is 11.4. The van der Waals surface area contributed by atoms with Gasteiger partial charge in [-0.1, -0.05) is 95.3 Å². The molecule has 0 saturated heterocycles. The molecule has 0 unspecified atom stereocenters. The van der Waals surface area contributed by atoms with Crippen LogP contribution < -0.4 is 14.8 Å². The normalized spacial score (nSPS) is 21.7. The van der Waals surface area contributed by atoms with Crippen LogP contribution >= 0.6 is 15.9 Å². The molecule has 61 heavy (non-hydrogen) atoms. The van der Waals surface area contributed by atoms with E-state index < -0.39 is 65.5 Å². The number of rotatable bonds is 13. The summed E-state index contributed by atoms with van der Waals surface area (Å²) in [5, 5.41) is 20.1. The van der Waals surface area contributed by atoms with E-state index in [9.17, 15) is 5.11 Å². The van der Waals surface area contributed by atoms with Crippen LogP contribution in [0.2, 0.25) is 18.1 Å². The molecule has 3 aliphatic rings. The molecule has 3 aliphatic carbocycles. The van der Waals surface area contributed by atoms with Crippen LogP contribution in [0.25, 0.3) is 5.76 Å². The van der Waals surface area contributed by atoms with Gasteiger partial charge in [-0.15, -0.1) is 0 Å². The molecule has 0 bridgehead atoms. The molecule has 1 fully saturated rings. The molecular weight excluding hydrogens is 858 g/mol. The van der Waals surface area contributed by atoms with Gasteiger partial charge in [0.1, 0.15) is 36.1 Å². The summed E-state index contributed by atoms with van der Waals surface area (Å²) in [4.78, 5) is 33.5. The zero-order chi connectivity index (χ0) is 44.4. The van der Waals surface area contributed by atoms with Crippen molar-refractivity contribution in [3.05, 3.63) is 116 Å². The van der Waals surface area contributed by atoms with E-state index >= 15 is 14.0 Å². The standard InChI is InChI=1S/C48H59BrFN3O7Si/c1-27(2)24-51-47(6,7)36-37(49)41(57-25-28-18-14-12-15-19-28)34-31(38(36)50)22-30-23-32-39(53(8)9)42-35(45(52-59-42)58-26-29-20-16-13-17-21-29)44(56)48(32,43(55)33(30)40(34)54)60-61(10,11)46(3,4)5/h12-21,27,30,32,39,51,54H,22-26H2,1-11H3/t30-,32-,39-,48-/m0/s1. The van der Waals surface area contributed by atoms with Crippen LogP contribution in [-0.4, -0.2) is 61.3 Å². The summed E-state index contributed by atoms with van der Waals surface area (Å²) in [6.45, 7) is 19.1. The molecule has 2 N–H and O–H groups in total. The quantitative estimate of drug-likeness (QED) is 0.0990. The Balaban J connectivity index is 1.45. The number of carbonyl (C=O) groups is 2. The van der Waals surface area contributed by atoms with Crippen molar-refractivity contribution >= 4 is 41.6 Å². The first kappa shape index (κ1) is 44.9. The maximum absolute atomic E-state index is 17.6. The van der Waals surface area contributed by atoms with Gasteiger partial charge in [0.25, 0.3) is 5.88 Å². The van der Waals surface area contributed by atoms with E-state index in [4.69, 9.17) is 18.4 Å². The Bertz CT molecular complexity index is 2360. The van der Waals surface area contributed by atoms with Gasteiger partial charge in [0.05, 0.1) is 16.1 Å². The Morgan fingerprint density at radius 1 is 0.967 bits per heavy atom. The lowest BCUT2D eigenvalue weighted by atomic mass is 9.57. The second-order valence-corrected chi connectivity index (χ2v) is 25.0. The van der Waals surface area contributed by atoms with E-state index in [0.717, 1.165) is 11.1 Å². The van der Waals surface area contributed by atoms with Crippen LogP contribution in [0.3, 0.4) is 0 Å². The summed E-state index contributed by atoms with van der Waals surface area (Å²) in [6, 6.07) is 18.4. The van der Waals surface area contributed by atoms with Gasteiger partial charge in [-0.05, 0) is 110 Å². The van der Waals surface area contributed by atoms with Crippen LogP contribution in [0, 0.1) is 23.6 Å². The number of hydrogen-bond donors (Lipinski definition) is 2. The summed E-state index contributed by atoms with van der Waals surface area (Å²) in [6.07, 6.45) is 0.276. The summed E-state index contributed by atoms with van der Waals surface area (Å²) in [5.41, 5.74) is -0.463. The Hall–Kier alpha value is -4.14. The van der Waals surface area contributed by atoms with Gasteiger partial charge in [-0.2, -0.15) is 0 Å². The van der Waals surface area contributed by atoms with Gasteiger partial charge in [0.15, 0.2) is 19.7 Å². The smallest absolute Gasteiger partial charge is 0.265 e. The van der Waals surface area contributed by atoms with Crippen LogP contribution in [-0.2, 0) is 34.4 Å². The largest absolute Gasteiger partial charge is 0.507 e. The third-order valence-electron chi connectivity index (χ3n) is 13.1. The van der Waals surface area contributed by atoms with Crippen molar-refractivity contribution in [1.29, 1.82) is 0 Å². The van der Waals surface area contributed by atoms with Crippen molar-refractivity contribution in [3.63, 3.8) is 0 Å². The Morgan fingerprint density at radius 2 is 1.56 bits per heavy atom. The highest BCUT2D eigenvalue weighted by molar-refractivity contribution is 9.10. The molecule has 4 aromatic rings. The molecule has 7 rings (SSSR count). The van der Waals surface area contributed by atoms with Crippen molar-refractivity contribution in [1.82, 2.24) is 15.4 Å². The second-order valence-electron chi connectivity index (χ2n) is 19.5. The first-order valence-corrected chi connectivity index (χ1v) is 24.8. The Morgan fingerprint density at radius 3 is 2.11 bits per heavy atom. The molecule has 1 heterocycles. The van der Waals surface area contributed by atoms with E-state index in [1.807, 2.05) is 107 Å². The monoisotopic (exact) mass is 915 g/mol. The number of aliphatic hydroxyl groups excluding tert-OH is 1. The summed E-state index contributed by atoms with van der Waals surface area (Å²) < 4.78 is 44.0. The van der Waals surface area contributed by atoms with Crippen molar-refractivity contribution in [2.45, 2.75) is 110 Å².